The number of methoxy groups -OCH3 is 2. The minimum absolute atomic E-state index is 0.101. The van der Waals surface area contributed by atoms with Gasteiger partial charge in [0.05, 0.1) is 32.9 Å². The Labute approximate surface area is 157 Å². The summed E-state index contributed by atoms with van der Waals surface area (Å²) < 4.78 is 16.2. The van der Waals surface area contributed by atoms with Crippen molar-refractivity contribution in [1.82, 2.24) is 5.32 Å². The molecule has 1 unspecified atom stereocenters. The number of rotatable bonds is 6. The molecule has 1 N–H and O–H groups in total. The van der Waals surface area contributed by atoms with E-state index < -0.39 is 6.10 Å². The smallest absolute Gasteiger partial charge is 0.269 e. The number of nitrogens with one attached hydrogen (secondary N) is 1. The first-order chi connectivity index (χ1) is 13.0. The van der Waals surface area contributed by atoms with E-state index in [1.165, 1.54) is 0 Å². The number of ether oxygens (including phenoxy) is 3. The number of amides is 2. The van der Waals surface area contributed by atoms with E-state index in [1.807, 2.05) is 18.2 Å². The number of fused-ring (bicyclic) bond motifs is 1. The van der Waals surface area contributed by atoms with Crippen LogP contribution in [0, 0.1) is 0 Å². The highest BCUT2D eigenvalue weighted by atomic mass is 16.5. The molecule has 1 aliphatic rings. The highest BCUT2D eigenvalue weighted by Gasteiger charge is 2.32. The lowest BCUT2D eigenvalue weighted by Crippen LogP contribution is -2.49. The van der Waals surface area contributed by atoms with Crippen molar-refractivity contribution in [2.75, 3.05) is 32.7 Å². The van der Waals surface area contributed by atoms with Crippen LogP contribution in [0.5, 0.6) is 17.2 Å². The molecule has 0 saturated heterocycles. The van der Waals surface area contributed by atoms with Crippen molar-refractivity contribution in [2.45, 2.75) is 12.5 Å². The van der Waals surface area contributed by atoms with Gasteiger partial charge in [-0.15, -0.1) is 0 Å². The van der Waals surface area contributed by atoms with E-state index in [0.717, 1.165) is 11.3 Å². The lowest BCUT2D eigenvalue weighted by atomic mass is 10.1. The summed E-state index contributed by atoms with van der Waals surface area (Å²) in [6.45, 7) is 0.101. The zero-order valence-corrected chi connectivity index (χ0v) is 15.5. The first-order valence-electron chi connectivity index (χ1n) is 8.54. The highest BCUT2D eigenvalue weighted by Crippen LogP contribution is 2.32. The Kier molecular flexibility index (Phi) is 5.49. The van der Waals surface area contributed by atoms with E-state index >= 15 is 0 Å². The maximum Gasteiger partial charge on any atom is 0.269 e. The zero-order valence-electron chi connectivity index (χ0n) is 15.5. The monoisotopic (exact) mass is 370 g/mol. The molecule has 0 aromatic heterocycles. The summed E-state index contributed by atoms with van der Waals surface area (Å²) in [7, 11) is 4.80. The fourth-order valence-corrected chi connectivity index (χ4v) is 2.95. The van der Waals surface area contributed by atoms with Gasteiger partial charge in [-0.1, -0.05) is 18.2 Å². The van der Waals surface area contributed by atoms with Gasteiger partial charge < -0.3 is 24.4 Å². The molecule has 3 rings (SSSR count). The Hall–Kier alpha value is -3.22. The van der Waals surface area contributed by atoms with Gasteiger partial charge in [0.15, 0.2) is 17.6 Å². The molecule has 2 aromatic carbocycles. The van der Waals surface area contributed by atoms with Gasteiger partial charge >= 0.3 is 0 Å². The van der Waals surface area contributed by atoms with Gasteiger partial charge in [-0.3, -0.25) is 9.59 Å². The summed E-state index contributed by atoms with van der Waals surface area (Å²) in [5.74, 6) is 1.38. The van der Waals surface area contributed by atoms with Crippen molar-refractivity contribution in [3.63, 3.8) is 0 Å². The fraction of sp³-hybridized carbons (Fsp3) is 0.300. The molecule has 142 valence electrons. The first kappa shape index (κ1) is 18.6. The summed E-state index contributed by atoms with van der Waals surface area (Å²) in [5, 5.41) is 2.77. The molecule has 2 aromatic rings. The predicted octanol–water partition coefficient (Wildman–Crippen LogP) is 1.79. The maximum atomic E-state index is 12.4. The third-order valence-corrected chi connectivity index (χ3v) is 4.40. The van der Waals surface area contributed by atoms with Crippen LogP contribution in [0.3, 0.4) is 0 Å². The van der Waals surface area contributed by atoms with Gasteiger partial charge in [-0.05, 0) is 29.8 Å². The van der Waals surface area contributed by atoms with E-state index in [0.29, 0.717) is 17.2 Å². The molecule has 0 fully saturated rings. The highest BCUT2D eigenvalue weighted by molar-refractivity contribution is 5.99. The van der Waals surface area contributed by atoms with Crippen LogP contribution in [-0.2, 0) is 16.0 Å². The van der Waals surface area contributed by atoms with Crippen LogP contribution in [-0.4, -0.2) is 45.7 Å². The minimum Gasteiger partial charge on any atom is -0.493 e. The van der Waals surface area contributed by atoms with E-state index in [4.69, 9.17) is 14.2 Å². The van der Waals surface area contributed by atoms with E-state index in [1.54, 1.807) is 50.4 Å². The number of anilines is 1. The summed E-state index contributed by atoms with van der Waals surface area (Å²) in [6.07, 6.45) is -0.590. The Balaban J connectivity index is 1.60. The lowest BCUT2D eigenvalue weighted by Gasteiger charge is -2.31. The summed E-state index contributed by atoms with van der Waals surface area (Å²) in [6, 6.07) is 12.6. The Morgan fingerprint density at radius 2 is 1.89 bits per heavy atom. The number of benzene rings is 2. The largest absolute Gasteiger partial charge is 0.493 e. The molecule has 1 heterocycles. The number of hydrogen-bond acceptors (Lipinski definition) is 5. The maximum absolute atomic E-state index is 12.4. The SMILES string of the molecule is COc1ccc(CC(=O)NCC2Oc3ccccc3N(C)C2=O)cc1OC. The van der Waals surface area contributed by atoms with Gasteiger partial charge in [0.1, 0.15) is 5.75 Å². The number of para-hydroxylation sites is 2. The van der Waals surface area contributed by atoms with Crippen LogP contribution in [0.15, 0.2) is 42.5 Å². The normalized spacial score (nSPS) is 15.6. The van der Waals surface area contributed by atoms with E-state index in [9.17, 15) is 9.59 Å². The molecule has 0 radical (unpaired) electrons. The fourth-order valence-electron chi connectivity index (χ4n) is 2.95. The molecule has 27 heavy (non-hydrogen) atoms. The molecule has 1 aliphatic heterocycles. The van der Waals surface area contributed by atoms with Crippen LogP contribution in [0.4, 0.5) is 5.69 Å². The second-order valence-electron chi connectivity index (χ2n) is 6.14. The number of carbonyl (C=O) groups is 2. The first-order valence-corrected chi connectivity index (χ1v) is 8.54. The lowest BCUT2D eigenvalue weighted by molar-refractivity contribution is -0.126. The summed E-state index contributed by atoms with van der Waals surface area (Å²) >= 11 is 0. The molecule has 0 saturated carbocycles. The third kappa shape index (κ3) is 3.97. The van der Waals surface area contributed by atoms with Crippen LogP contribution in [0.2, 0.25) is 0 Å². The molecule has 7 heteroatoms. The van der Waals surface area contributed by atoms with Gasteiger partial charge in [0, 0.05) is 7.05 Å². The molecule has 0 aliphatic carbocycles. The van der Waals surface area contributed by atoms with Crippen molar-refractivity contribution < 1.29 is 23.8 Å². The van der Waals surface area contributed by atoms with Gasteiger partial charge in [0.2, 0.25) is 5.91 Å². The van der Waals surface area contributed by atoms with Gasteiger partial charge in [-0.2, -0.15) is 0 Å². The topological polar surface area (TPSA) is 77.1 Å². The standard InChI is InChI=1S/C20H22N2O5/c1-22-14-6-4-5-7-15(14)27-18(20(22)24)12-21-19(23)11-13-8-9-16(25-2)17(10-13)26-3/h4-10,18H,11-12H2,1-3H3,(H,21,23). The molecule has 1 atom stereocenters. The van der Waals surface area contributed by atoms with E-state index in [-0.39, 0.29) is 24.8 Å². The van der Waals surface area contributed by atoms with Crippen molar-refractivity contribution in [3.05, 3.63) is 48.0 Å². The van der Waals surface area contributed by atoms with Crippen LogP contribution >= 0.6 is 0 Å². The number of carbonyl (C=O) groups excluding carboxylic acids is 2. The minimum atomic E-state index is -0.751. The van der Waals surface area contributed by atoms with Gasteiger partial charge in [-0.25, -0.2) is 0 Å². The molecule has 0 spiro atoms. The average molecular weight is 370 g/mol. The van der Waals surface area contributed by atoms with Crippen molar-refractivity contribution in [3.8, 4) is 17.2 Å². The van der Waals surface area contributed by atoms with E-state index in [2.05, 4.69) is 5.32 Å². The summed E-state index contributed by atoms with van der Waals surface area (Å²) in [4.78, 5) is 26.3. The number of hydrogen-bond donors (Lipinski definition) is 1. The molecule has 0 bridgehead atoms. The molecular weight excluding hydrogens is 348 g/mol. The van der Waals surface area contributed by atoms with Gasteiger partial charge in [0.25, 0.3) is 5.91 Å². The van der Waals surface area contributed by atoms with Crippen LogP contribution in [0.1, 0.15) is 5.56 Å². The second kappa shape index (κ2) is 7.99. The predicted molar refractivity (Wildman–Crippen MR) is 101 cm³/mol. The molecule has 7 nitrogen and oxygen atoms in total. The average Bonchev–Trinajstić information content (AvgIpc) is 2.69. The van der Waals surface area contributed by atoms with Crippen LogP contribution in [0.25, 0.3) is 0 Å². The van der Waals surface area contributed by atoms with Crippen molar-refractivity contribution >= 4 is 17.5 Å². The number of nitrogens with zero attached hydrogens (tertiary/aromatic N) is 1. The number of likely N-dealkylation sites (N-methyl/N-ethyl adjacent to an activating group) is 1. The Bertz CT molecular complexity index is 852. The quantitative estimate of drug-likeness (QED) is 0.839. The second-order valence-corrected chi connectivity index (χ2v) is 6.14. The Morgan fingerprint density at radius 3 is 2.63 bits per heavy atom. The molecule has 2 amide bonds. The summed E-state index contributed by atoms with van der Waals surface area (Å²) in [5.41, 5.74) is 1.50. The zero-order chi connectivity index (χ0) is 19.4. The van der Waals surface area contributed by atoms with Crippen molar-refractivity contribution in [2.24, 2.45) is 0 Å². The third-order valence-electron chi connectivity index (χ3n) is 4.40. The molecular formula is C20H22N2O5. The Morgan fingerprint density at radius 1 is 1.15 bits per heavy atom. The van der Waals surface area contributed by atoms with Crippen LogP contribution < -0.4 is 24.4 Å². The van der Waals surface area contributed by atoms with Crippen molar-refractivity contribution in [1.29, 1.82) is 0 Å².